The van der Waals surface area contributed by atoms with Gasteiger partial charge >= 0.3 is 0 Å². The van der Waals surface area contributed by atoms with Crippen molar-refractivity contribution in [3.63, 3.8) is 0 Å². The van der Waals surface area contributed by atoms with Gasteiger partial charge in [-0.1, -0.05) is 48.9 Å². The highest BCUT2D eigenvalue weighted by Crippen LogP contribution is 2.32. The lowest BCUT2D eigenvalue weighted by atomic mass is 10.0. The summed E-state index contributed by atoms with van der Waals surface area (Å²) in [6, 6.07) is 12.1. The second-order valence-electron chi connectivity index (χ2n) is 7.51. The van der Waals surface area contributed by atoms with Crippen LogP contribution in [0.3, 0.4) is 0 Å². The lowest BCUT2D eigenvalue weighted by Gasteiger charge is -2.20. The fourth-order valence-electron chi connectivity index (χ4n) is 3.53. The SMILES string of the molecule is CC(C)c1ccc(N2C(=O)[C@@H]3[C@@H](N=NN3CC(=O)Nc3cccc(Cl)c3)C2=O)cc1. The van der Waals surface area contributed by atoms with Gasteiger partial charge in [-0.2, -0.15) is 5.11 Å². The van der Waals surface area contributed by atoms with Crippen LogP contribution in [0.25, 0.3) is 0 Å². The second-order valence-corrected chi connectivity index (χ2v) is 7.95. The molecule has 2 aliphatic rings. The zero-order valence-electron chi connectivity index (χ0n) is 16.4. The van der Waals surface area contributed by atoms with Crippen molar-refractivity contribution in [2.24, 2.45) is 10.3 Å². The highest BCUT2D eigenvalue weighted by atomic mass is 35.5. The van der Waals surface area contributed by atoms with Crippen molar-refractivity contribution in [2.75, 3.05) is 16.8 Å². The monoisotopic (exact) mass is 425 g/mol. The average Bonchev–Trinajstić information content (AvgIpc) is 3.21. The molecule has 1 saturated heterocycles. The number of anilines is 2. The summed E-state index contributed by atoms with van der Waals surface area (Å²) in [7, 11) is 0. The fourth-order valence-corrected chi connectivity index (χ4v) is 3.72. The van der Waals surface area contributed by atoms with Crippen LogP contribution in [-0.4, -0.2) is 41.4 Å². The molecule has 1 fully saturated rings. The Hall–Kier alpha value is -3.26. The van der Waals surface area contributed by atoms with E-state index in [0.29, 0.717) is 22.3 Å². The fraction of sp³-hybridized carbons (Fsp3) is 0.286. The first kappa shape index (κ1) is 20.0. The Kier molecular flexibility index (Phi) is 5.26. The lowest BCUT2D eigenvalue weighted by molar-refractivity contribution is -0.123. The molecule has 0 unspecified atom stereocenters. The number of rotatable bonds is 5. The van der Waals surface area contributed by atoms with Crippen LogP contribution in [0.5, 0.6) is 0 Å². The summed E-state index contributed by atoms with van der Waals surface area (Å²) in [6.07, 6.45) is 0. The molecule has 0 aromatic heterocycles. The maximum absolute atomic E-state index is 13.0. The van der Waals surface area contributed by atoms with E-state index in [9.17, 15) is 14.4 Å². The molecule has 2 aromatic rings. The summed E-state index contributed by atoms with van der Waals surface area (Å²) in [4.78, 5) is 39.3. The first-order valence-corrected chi connectivity index (χ1v) is 9.93. The first-order valence-electron chi connectivity index (χ1n) is 9.56. The minimum atomic E-state index is -0.943. The van der Waals surface area contributed by atoms with E-state index >= 15 is 0 Å². The number of fused-ring (bicyclic) bond motifs is 1. The van der Waals surface area contributed by atoms with Gasteiger partial charge in [-0.3, -0.25) is 19.4 Å². The minimum absolute atomic E-state index is 0.212. The molecule has 154 valence electrons. The van der Waals surface area contributed by atoms with Gasteiger partial charge in [-0.15, -0.1) is 0 Å². The molecule has 9 heteroatoms. The molecule has 1 N–H and O–H groups in total. The van der Waals surface area contributed by atoms with Gasteiger partial charge in [-0.25, -0.2) is 4.90 Å². The van der Waals surface area contributed by atoms with Crippen LogP contribution in [0.15, 0.2) is 58.9 Å². The number of amides is 3. The molecule has 0 spiro atoms. The number of benzene rings is 2. The van der Waals surface area contributed by atoms with Crippen LogP contribution in [0.2, 0.25) is 5.02 Å². The van der Waals surface area contributed by atoms with E-state index in [2.05, 4.69) is 29.5 Å². The van der Waals surface area contributed by atoms with E-state index in [1.165, 1.54) is 5.01 Å². The first-order chi connectivity index (χ1) is 14.3. The summed E-state index contributed by atoms with van der Waals surface area (Å²) < 4.78 is 0. The number of hydrogen-bond acceptors (Lipinski definition) is 6. The maximum Gasteiger partial charge on any atom is 0.263 e. The van der Waals surface area contributed by atoms with E-state index in [-0.39, 0.29) is 6.54 Å². The quantitative estimate of drug-likeness (QED) is 0.743. The summed E-state index contributed by atoms with van der Waals surface area (Å²) in [6.45, 7) is 3.92. The number of hydrogen-bond donors (Lipinski definition) is 1. The molecule has 2 aromatic carbocycles. The van der Waals surface area contributed by atoms with Crippen molar-refractivity contribution in [2.45, 2.75) is 31.8 Å². The highest BCUT2D eigenvalue weighted by molar-refractivity contribution is 6.31. The summed E-state index contributed by atoms with van der Waals surface area (Å²) in [5.74, 6) is -0.936. The molecule has 3 amide bonds. The summed E-state index contributed by atoms with van der Waals surface area (Å²) in [5, 5.41) is 12.3. The van der Waals surface area contributed by atoms with E-state index in [1.54, 1.807) is 36.4 Å². The predicted molar refractivity (Wildman–Crippen MR) is 112 cm³/mol. The van der Waals surface area contributed by atoms with E-state index < -0.39 is 29.8 Å². The van der Waals surface area contributed by atoms with Crippen molar-refractivity contribution in [3.05, 3.63) is 59.1 Å². The Morgan fingerprint density at radius 2 is 1.87 bits per heavy atom. The van der Waals surface area contributed by atoms with Gasteiger partial charge in [0, 0.05) is 10.7 Å². The number of nitrogens with zero attached hydrogens (tertiary/aromatic N) is 4. The van der Waals surface area contributed by atoms with Gasteiger partial charge in [-0.05, 0) is 41.8 Å². The molecular weight excluding hydrogens is 406 g/mol. The number of carbonyl (C=O) groups excluding carboxylic acids is 3. The highest BCUT2D eigenvalue weighted by Gasteiger charge is 2.55. The third kappa shape index (κ3) is 3.66. The van der Waals surface area contributed by atoms with E-state index in [4.69, 9.17) is 11.6 Å². The zero-order valence-corrected chi connectivity index (χ0v) is 17.2. The molecule has 2 aliphatic heterocycles. The van der Waals surface area contributed by atoms with Crippen molar-refractivity contribution in [1.82, 2.24) is 5.01 Å². The molecule has 2 atom stereocenters. The van der Waals surface area contributed by atoms with Crippen molar-refractivity contribution in [1.29, 1.82) is 0 Å². The van der Waals surface area contributed by atoms with Crippen molar-refractivity contribution in [3.8, 4) is 0 Å². The topological polar surface area (TPSA) is 94.4 Å². The lowest BCUT2D eigenvalue weighted by Crippen LogP contribution is -2.43. The Morgan fingerprint density at radius 1 is 1.13 bits per heavy atom. The molecule has 0 bridgehead atoms. The van der Waals surface area contributed by atoms with Gasteiger partial charge in [0.05, 0.1) is 5.69 Å². The van der Waals surface area contributed by atoms with Gasteiger partial charge < -0.3 is 5.32 Å². The normalized spacial score (nSPS) is 20.3. The molecule has 0 aliphatic carbocycles. The smallest absolute Gasteiger partial charge is 0.263 e. The van der Waals surface area contributed by atoms with Crippen molar-refractivity contribution < 1.29 is 14.4 Å². The van der Waals surface area contributed by atoms with E-state index in [1.807, 2.05) is 12.1 Å². The number of nitrogens with one attached hydrogen (secondary N) is 1. The molecular formula is C21H20ClN5O3. The third-order valence-electron chi connectivity index (χ3n) is 5.09. The Balaban J connectivity index is 1.48. The van der Waals surface area contributed by atoms with Crippen LogP contribution in [0.1, 0.15) is 25.3 Å². The minimum Gasteiger partial charge on any atom is -0.324 e. The molecule has 0 saturated carbocycles. The largest absolute Gasteiger partial charge is 0.324 e. The standard InChI is InChI=1S/C21H20ClN5O3/c1-12(2)13-6-8-16(9-7-13)27-20(29)18-19(21(27)30)26(25-24-18)11-17(28)23-15-5-3-4-14(22)10-15/h3-10,12,18-19H,11H2,1-2H3,(H,23,28)/t18-,19+/m1/s1. The Bertz CT molecular complexity index is 1040. The van der Waals surface area contributed by atoms with E-state index in [0.717, 1.165) is 10.5 Å². The van der Waals surface area contributed by atoms with Crippen molar-refractivity contribution >= 4 is 40.7 Å². The molecule has 8 nitrogen and oxygen atoms in total. The summed E-state index contributed by atoms with van der Waals surface area (Å²) in [5.41, 5.74) is 2.13. The Morgan fingerprint density at radius 3 is 2.53 bits per heavy atom. The zero-order chi connectivity index (χ0) is 21.4. The van der Waals surface area contributed by atoms with Crippen LogP contribution < -0.4 is 10.2 Å². The molecule has 4 rings (SSSR count). The average molecular weight is 426 g/mol. The van der Waals surface area contributed by atoms with Crippen LogP contribution >= 0.6 is 11.6 Å². The third-order valence-corrected chi connectivity index (χ3v) is 5.32. The van der Waals surface area contributed by atoms with Gasteiger partial charge in [0.15, 0.2) is 12.1 Å². The molecule has 2 heterocycles. The second kappa shape index (κ2) is 7.87. The van der Waals surface area contributed by atoms with Gasteiger partial charge in [0.2, 0.25) is 5.91 Å². The van der Waals surface area contributed by atoms with Crippen LogP contribution in [0.4, 0.5) is 11.4 Å². The maximum atomic E-state index is 13.0. The predicted octanol–water partition coefficient (Wildman–Crippen LogP) is 3.40. The number of halogens is 1. The summed E-state index contributed by atoms with van der Waals surface area (Å²) >= 11 is 5.93. The number of carbonyl (C=O) groups is 3. The van der Waals surface area contributed by atoms with Gasteiger partial charge in [0.1, 0.15) is 6.54 Å². The molecule has 0 radical (unpaired) electrons. The van der Waals surface area contributed by atoms with Crippen LogP contribution in [-0.2, 0) is 14.4 Å². The van der Waals surface area contributed by atoms with Gasteiger partial charge in [0.25, 0.3) is 11.8 Å². The van der Waals surface area contributed by atoms with Crippen LogP contribution in [0, 0.1) is 0 Å². The molecule has 30 heavy (non-hydrogen) atoms. The number of imide groups is 1. The Labute approximate surface area is 178 Å².